The van der Waals surface area contributed by atoms with Crippen molar-refractivity contribution in [3.05, 3.63) is 17.8 Å². The van der Waals surface area contributed by atoms with E-state index < -0.39 is 0 Å². The molecule has 0 unspecified atom stereocenters. The lowest BCUT2D eigenvalue weighted by atomic mass is 10.2. The predicted molar refractivity (Wildman–Crippen MR) is 50.3 cm³/mol. The van der Waals surface area contributed by atoms with Gasteiger partial charge in [0.2, 0.25) is 5.88 Å². The molecule has 72 valence electrons. The fourth-order valence-corrected chi connectivity index (χ4v) is 0.786. The van der Waals surface area contributed by atoms with Gasteiger partial charge < -0.3 is 10.5 Å². The summed E-state index contributed by atoms with van der Waals surface area (Å²) >= 11 is 0. The zero-order valence-corrected chi connectivity index (χ0v) is 8.03. The SMILES string of the molecule is CC(C)COc1ccc(CN)nn1. The van der Waals surface area contributed by atoms with E-state index in [0.717, 1.165) is 5.69 Å². The molecule has 0 fully saturated rings. The summed E-state index contributed by atoms with van der Waals surface area (Å²) in [7, 11) is 0. The lowest BCUT2D eigenvalue weighted by Crippen LogP contribution is -2.07. The van der Waals surface area contributed by atoms with Crippen molar-refractivity contribution < 1.29 is 4.74 Å². The largest absolute Gasteiger partial charge is 0.476 e. The van der Waals surface area contributed by atoms with E-state index in [0.29, 0.717) is 24.9 Å². The fraction of sp³-hybridized carbons (Fsp3) is 0.556. The Bertz CT molecular complexity index is 246. The van der Waals surface area contributed by atoms with Crippen LogP contribution in [0.3, 0.4) is 0 Å². The van der Waals surface area contributed by atoms with Crippen LogP contribution in [0.15, 0.2) is 12.1 Å². The van der Waals surface area contributed by atoms with Gasteiger partial charge in [-0.1, -0.05) is 13.8 Å². The Morgan fingerprint density at radius 2 is 2.15 bits per heavy atom. The van der Waals surface area contributed by atoms with Gasteiger partial charge >= 0.3 is 0 Å². The molecule has 2 N–H and O–H groups in total. The van der Waals surface area contributed by atoms with E-state index in [-0.39, 0.29) is 0 Å². The second-order valence-electron chi connectivity index (χ2n) is 3.27. The summed E-state index contributed by atoms with van der Waals surface area (Å²) in [6.45, 7) is 5.25. The van der Waals surface area contributed by atoms with Crippen LogP contribution in [-0.4, -0.2) is 16.8 Å². The lowest BCUT2D eigenvalue weighted by molar-refractivity contribution is 0.258. The van der Waals surface area contributed by atoms with Crippen molar-refractivity contribution in [2.45, 2.75) is 20.4 Å². The highest BCUT2D eigenvalue weighted by atomic mass is 16.5. The first-order chi connectivity index (χ1) is 6.22. The van der Waals surface area contributed by atoms with Gasteiger partial charge in [-0.3, -0.25) is 0 Å². The molecule has 0 aromatic carbocycles. The summed E-state index contributed by atoms with van der Waals surface area (Å²) in [6, 6.07) is 3.61. The predicted octanol–water partition coefficient (Wildman–Crippen LogP) is 0.970. The Balaban J connectivity index is 2.49. The van der Waals surface area contributed by atoms with Gasteiger partial charge in [0.05, 0.1) is 12.3 Å². The monoisotopic (exact) mass is 181 g/mol. The standard InChI is InChI=1S/C9H15N3O/c1-7(2)6-13-9-4-3-8(5-10)11-12-9/h3-4,7H,5-6,10H2,1-2H3. The van der Waals surface area contributed by atoms with Gasteiger partial charge in [0, 0.05) is 12.6 Å². The molecule has 0 aliphatic carbocycles. The number of hydrogen-bond acceptors (Lipinski definition) is 4. The van der Waals surface area contributed by atoms with Gasteiger partial charge in [0.15, 0.2) is 0 Å². The Labute approximate surface area is 78.1 Å². The molecule has 1 aromatic heterocycles. The van der Waals surface area contributed by atoms with Crippen molar-refractivity contribution in [3.8, 4) is 5.88 Å². The molecule has 0 bridgehead atoms. The van der Waals surface area contributed by atoms with Gasteiger partial charge in [0.1, 0.15) is 0 Å². The Kier molecular flexibility index (Phi) is 3.64. The topological polar surface area (TPSA) is 61.0 Å². The third-order valence-corrected chi connectivity index (χ3v) is 1.47. The van der Waals surface area contributed by atoms with Gasteiger partial charge in [-0.25, -0.2) is 0 Å². The van der Waals surface area contributed by atoms with E-state index in [9.17, 15) is 0 Å². The molecule has 0 amide bonds. The Morgan fingerprint density at radius 1 is 1.38 bits per heavy atom. The fourth-order valence-electron chi connectivity index (χ4n) is 0.786. The molecule has 0 saturated carbocycles. The quantitative estimate of drug-likeness (QED) is 0.751. The molecule has 1 heterocycles. The maximum Gasteiger partial charge on any atom is 0.233 e. The normalized spacial score (nSPS) is 10.5. The average Bonchev–Trinajstić information content (AvgIpc) is 2.15. The molecule has 0 spiro atoms. The van der Waals surface area contributed by atoms with Crippen LogP contribution in [0.25, 0.3) is 0 Å². The molecule has 13 heavy (non-hydrogen) atoms. The summed E-state index contributed by atoms with van der Waals surface area (Å²) in [6.07, 6.45) is 0. The molecule has 4 heteroatoms. The summed E-state index contributed by atoms with van der Waals surface area (Å²) in [5.41, 5.74) is 6.15. The number of rotatable bonds is 4. The highest BCUT2D eigenvalue weighted by Crippen LogP contribution is 2.05. The minimum absolute atomic E-state index is 0.414. The van der Waals surface area contributed by atoms with Crippen LogP contribution in [-0.2, 0) is 6.54 Å². The minimum Gasteiger partial charge on any atom is -0.476 e. The molecule has 1 rings (SSSR count). The van der Waals surface area contributed by atoms with Crippen LogP contribution in [0.4, 0.5) is 0 Å². The van der Waals surface area contributed by atoms with Crippen molar-refractivity contribution in [3.63, 3.8) is 0 Å². The molecule has 0 aliphatic heterocycles. The van der Waals surface area contributed by atoms with Gasteiger partial charge in [-0.05, 0) is 12.0 Å². The molecule has 0 radical (unpaired) electrons. The molecular formula is C9H15N3O. The summed E-state index contributed by atoms with van der Waals surface area (Å²) < 4.78 is 5.35. The first-order valence-corrected chi connectivity index (χ1v) is 4.38. The highest BCUT2D eigenvalue weighted by Gasteiger charge is 1.98. The van der Waals surface area contributed by atoms with Crippen molar-refractivity contribution in [1.29, 1.82) is 0 Å². The van der Waals surface area contributed by atoms with Crippen molar-refractivity contribution in [2.75, 3.05) is 6.61 Å². The van der Waals surface area contributed by atoms with Crippen molar-refractivity contribution in [2.24, 2.45) is 11.7 Å². The first kappa shape index (κ1) is 9.92. The number of ether oxygens (including phenoxy) is 1. The number of nitrogens with zero attached hydrogens (tertiary/aromatic N) is 2. The van der Waals surface area contributed by atoms with Crippen LogP contribution >= 0.6 is 0 Å². The smallest absolute Gasteiger partial charge is 0.233 e. The minimum atomic E-state index is 0.414. The van der Waals surface area contributed by atoms with Crippen LogP contribution in [0.5, 0.6) is 5.88 Å². The summed E-state index contributed by atoms with van der Waals surface area (Å²) in [5, 5.41) is 7.74. The molecule has 0 atom stereocenters. The summed E-state index contributed by atoms with van der Waals surface area (Å²) in [4.78, 5) is 0. The maximum atomic E-state index is 5.38. The van der Waals surface area contributed by atoms with Crippen LogP contribution in [0.2, 0.25) is 0 Å². The van der Waals surface area contributed by atoms with Gasteiger partial charge in [-0.2, -0.15) is 5.10 Å². The second kappa shape index (κ2) is 4.77. The molecule has 1 aromatic rings. The van der Waals surface area contributed by atoms with E-state index in [2.05, 4.69) is 24.0 Å². The molecular weight excluding hydrogens is 166 g/mol. The zero-order valence-electron chi connectivity index (χ0n) is 8.03. The summed E-state index contributed by atoms with van der Waals surface area (Å²) in [5.74, 6) is 1.06. The lowest BCUT2D eigenvalue weighted by Gasteiger charge is -2.06. The van der Waals surface area contributed by atoms with E-state index in [4.69, 9.17) is 10.5 Å². The van der Waals surface area contributed by atoms with Crippen molar-refractivity contribution in [1.82, 2.24) is 10.2 Å². The highest BCUT2D eigenvalue weighted by molar-refractivity contribution is 5.11. The van der Waals surface area contributed by atoms with Crippen molar-refractivity contribution >= 4 is 0 Å². The number of hydrogen-bond donors (Lipinski definition) is 1. The van der Waals surface area contributed by atoms with Gasteiger partial charge in [0.25, 0.3) is 0 Å². The first-order valence-electron chi connectivity index (χ1n) is 4.38. The van der Waals surface area contributed by atoms with Crippen LogP contribution < -0.4 is 10.5 Å². The second-order valence-corrected chi connectivity index (χ2v) is 3.27. The number of aromatic nitrogens is 2. The van der Waals surface area contributed by atoms with E-state index >= 15 is 0 Å². The van der Waals surface area contributed by atoms with Crippen LogP contribution in [0.1, 0.15) is 19.5 Å². The van der Waals surface area contributed by atoms with E-state index in [1.807, 2.05) is 6.07 Å². The maximum absolute atomic E-state index is 5.38. The van der Waals surface area contributed by atoms with Gasteiger partial charge in [-0.15, -0.1) is 5.10 Å². The third-order valence-electron chi connectivity index (χ3n) is 1.47. The molecule has 0 saturated heterocycles. The zero-order chi connectivity index (χ0) is 9.68. The molecule has 0 aliphatic rings. The number of nitrogens with two attached hydrogens (primary N) is 1. The Hall–Kier alpha value is -1.16. The third kappa shape index (κ3) is 3.38. The van der Waals surface area contributed by atoms with Crippen LogP contribution in [0, 0.1) is 5.92 Å². The average molecular weight is 181 g/mol. The molecule has 4 nitrogen and oxygen atoms in total. The van der Waals surface area contributed by atoms with E-state index in [1.54, 1.807) is 6.07 Å². The Morgan fingerprint density at radius 3 is 2.62 bits per heavy atom. The van der Waals surface area contributed by atoms with E-state index in [1.165, 1.54) is 0 Å².